The molecule has 0 bridgehead atoms. The predicted molar refractivity (Wildman–Crippen MR) is 64.6 cm³/mol. The largest absolute Gasteiger partial charge is 0.395 e. The van der Waals surface area contributed by atoms with E-state index in [2.05, 4.69) is 18.6 Å². The summed E-state index contributed by atoms with van der Waals surface area (Å²) in [4.78, 5) is 0. The lowest BCUT2D eigenvalue weighted by molar-refractivity contribution is 0.255. The van der Waals surface area contributed by atoms with Gasteiger partial charge in [0.2, 0.25) is 10.0 Å². The molecule has 0 aliphatic heterocycles. The van der Waals surface area contributed by atoms with Crippen LogP contribution in [0.4, 0.5) is 0 Å². The molecule has 1 saturated carbocycles. The smallest absolute Gasteiger partial charge is 0.216 e. The van der Waals surface area contributed by atoms with Crippen molar-refractivity contribution in [2.24, 2.45) is 11.8 Å². The fourth-order valence-corrected chi connectivity index (χ4v) is 3.58. The number of nitrogens with one attached hydrogen (secondary N) is 1. The summed E-state index contributed by atoms with van der Waals surface area (Å²) in [7, 11) is -3.36. The average molecular weight is 249 g/mol. The van der Waals surface area contributed by atoms with E-state index in [1.165, 1.54) is 13.3 Å². The number of aliphatic hydroxyl groups excluding tert-OH is 1. The summed E-state index contributed by atoms with van der Waals surface area (Å²) < 4.78 is 26.3. The van der Waals surface area contributed by atoms with E-state index < -0.39 is 15.3 Å². The molecule has 0 aromatic carbocycles. The van der Waals surface area contributed by atoms with E-state index in [0.717, 1.165) is 12.8 Å². The first-order valence-electron chi connectivity index (χ1n) is 5.97. The maximum absolute atomic E-state index is 11.8. The van der Waals surface area contributed by atoms with Gasteiger partial charge in [-0.2, -0.15) is 0 Å². The Balaban J connectivity index is 2.60. The average Bonchev–Trinajstić information content (AvgIpc) is 2.13. The van der Waals surface area contributed by atoms with E-state index in [9.17, 15) is 8.42 Å². The standard InChI is InChI=1S/C11H23NO3S/c1-8-4-9(2)6-11(5-8)12-16(14,15)10(3)7-13/h8-13H,4-7H2,1-3H3. The Morgan fingerprint density at radius 2 is 1.75 bits per heavy atom. The van der Waals surface area contributed by atoms with Gasteiger partial charge in [-0.25, -0.2) is 13.1 Å². The van der Waals surface area contributed by atoms with Crippen molar-refractivity contribution in [3.63, 3.8) is 0 Å². The third-order valence-corrected chi connectivity index (χ3v) is 5.17. The van der Waals surface area contributed by atoms with Gasteiger partial charge in [-0.15, -0.1) is 0 Å². The molecular formula is C11H23NO3S. The van der Waals surface area contributed by atoms with Gasteiger partial charge in [0.1, 0.15) is 0 Å². The molecule has 0 aromatic heterocycles. The molecule has 0 radical (unpaired) electrons. The minimum atomic E-state index is -3.36. The highest BCUT2D eigenvalue weighted by molar-refractivity contribution is 7.90. The van der Waals surface area contributed by atoms with Crippen molar-refractivity contribution in [1.82, 2.24) is 4.72 Å². The molecule has 0 spiro atoms. The number of hydrogen-bond acceptors (Lipinski definition) is 3. The van der Waals surface area contributed by atoms with Crippen LogP contribution in [0.25, 0.3) is 0 Å². The topological polar surface area (TPSA) is 66.4 Å². The molecule has 2 N–H and O–H groups in total. The van der Waals surface area contributed by atoms with Crippen LogP contribution in [0.2, 0.25) is 0 Å². The van der Waals surface area contributed by atoms with Crippen molar-refractivity contribution < 1.29 is 13.5 Å². The van der Waals surface area contributed by atoms with Gasteiger partial charge in [0.25, 0.3) is 0 Å². The Morgan fingerprint density at radius 1 is 1.25 bits per heavy atom. The molecule has 0 saturated heterocycles. The summed E-state index contributed by atoms with van der Waals surface area (Å²) in [5.41, 5.74) is 0. The molecular weight excluding hydrogens is 226 g/mol. The first-order chi connectivity index (χ1) is 7.35. The summed E-state index contributed by atoms with van der Waals surface area (Å²) in [5, 5.41) is 8.16. The molecule has 0 amide bonds. The Bertz CT molecular complexity index is 305. The third kappa shape index (κ3) is 3.71. The zero-order valence-electron chi connectivity index (χ0n) is 10.3. The predicted octanol–water partition coefficient (Wildman–Crippen LogP) is 1.11. The highest BCUT2D eigenvalue weighted by Gasteiger charge is 2.29. The summed E-state index contributed by atoms with van der Waals surface area (Å²) in [6.07, 6.45) is 2.98. The normalized spacial score (nSPS) is 33.6. The second kappa shape index (κ2) is 5.47. The van der Waals surface area contributed by atoms with Crippen LogP contribution in [0.1, 0.15) is 40.0 Å². The van der Waals surface area contributed by atoms with Crippen molar-refractivity contribution in [2.75, 3.05) is 6.61 Å². The quantitative estimate of drug-likeness (QED) is 0.784. The van der Waals surface area contributed by atoms with E-state index in [4.69, 9.17) is 5.11 Å². The third-order valence-electron chi connectivity index (χ3n) is 3.30. The zero-order chi connectivity index (χ0) is 12.3. The van der Waals surface area contributed by atoms with Crippen molar-refractivity contribution >= 4 is 10.0 Å². The van der Waals surface area contributed by atoms with Crippen molar-refractivity contribution in [1.29, 1.82) is 0 Å². The van der Waals surface area contributed by atoms with Gasteiger partial charge in [0.05, 0.1) is 11.9 Å². The van der Waals surface area contributed by atoms with Crippen LogP contribution in [0.3, 0.4) is 0 Å². The first kappa shape index (κ1) is 13.9. The van der Waals surface area contributed by atoms with Gasteiger partial charge in [-0.3, -0.25) is 0 Å². The molecule has 5 heteroatoms. The van der Waals surface area contributed by atoms with E-state index >= 15 is 0 Å². The Labute approximate surface area is 98.5 Å². The maximum Gasteiger partial charge on any atom is 0.216 e. The van der Waals surface area contributed by atoms with Crippen LogP contribution in [-0.2, 0) is 10.0 Å². The molecule has 1 aliphatic rings. The van der Waals surface area contributed by atoms with Gasteiger partial charge in [0, 0.05) is 6.04 Å². The molecule has 3 unspecified atom stereocenters. The first-order valence-corrected chi connectivity index (χ1v) is 7.51. The lowest BCUT2D eigenvalue weighted by atomic mass is 9.81. The lowest BCUT2D eigenvalue weighted by Crippen LogP contribution is -2.44. The number of rotatable bonds is 4. The van der Waals surface area contributed by atoms with E-state index in [1.54, 1.807) is 0 Å². The van der Waals surface area contributed by atoms with Crippen LogP contribution >= 0.6 is 0 Å². The van der Waals surface area contributed by atoms with Gasteiger partial charge < -0.3 is 5.11 Å². The van der Waals surface area contributed by atoms with Crippen molar-refractivity contribution in [3.05, 3.63) is 0 Å². The summed E-state index contributed by atoms with van der Waals surface area (Å²) >= 11 is 0. The van der Waals surface area contributed by atoms with E-state index in [-0.39, 0.29) is 12.6 Å². The Hall–Kier alpha value is -0.130. The lowest BCUT2D eigenvalue weighted by Gasteiger charge is -2.32. The second-order valence-electron chi connectivity index (χ2n) is 5.27. The molecule has 4 nitrogen and oxygen atoms in total. The minimum Gasteiger partial charge on any atom is -0.395 e. The Kier molecular flexibility index (Phi) is 4.76. The molecule has 1 fully saturated rings. The van der Waals surface area contributed by atoms with Crippen LogP contribution < -0.4 is 4.72 Å². The summed E-state index contributed by atoms with van der Waals surface area (Å²) in [5.74, 6) is 1.14. The van der Waals surface area contributed by atoms with Gasteiger partial charge in [0.15, 0.2) is 0 Å². The molecule has 3 atom stereocenters. The molecule has 1 rings (SSSR count). The van der Waals surface area contributed by atoms with Gasteiger partial charge in [-0.05, 0) is 38.0 Å². The van der Waals surface area contributed by atoms with Crippen molar-refractivity contribution in [3.8, 4) is 0 Å². The second-order valence-corrected chi connectivity index (χ2v) is 7.40. The van der Waals surface area contributed by atoms with Crippen LogP contribution in [0, 0.1) is 11.8 Å². The Morgan fingerprint density at radius 3 is 2.19 bits per heavy atom. The van der Waals surface area contributed by atoms with Gasteiger partial charge in [-0.1, -0.05) is 13.8 Å². The van der Waals surface area contributed by atoms with Crippen LogP contribution in [0.15, 0.2) is 0 Å². The fourth-order valence-electron chi connectivity index (χ4n) is 2.49. The number of hydrogen-bond donors (Lipinski definition) is 2. The van der Waals surface area contributed by atoms with E-state index in [1.807, 2.05) is 0 Å². The highest BCUT2D eigenvalue weighted by Crippen LogP contribution is 2.29. The molecule has 16 heavy (non-hydrogen) atoms. The zero-order valence-corrected chi connectivity index (χ0v) is 11.1. The number of aliphatic hydroxyl groups is 1. The number of sulfonamides is 1. The molecule has 0 heterocycles. The molecule has 96 valence electrons. The minimum absolute atomic E-state index is 0.0396. The fraction of sp³-hybridized carbons (Fsp3) is 1.00. The van der Waals surface area contributed by atoms with Crippen molar-refractivity contribution in [2.45, 2.75) is 51.3 Å². The monoisotopic (exact) mass is 249 g/mol. The molecule has 1 aliphatic carbocycles. The summed E-state index contributed by atoms with van der Waals surface area (Å²) in [6, 6.07) is 0.0396. The van der Waals surface area contributed by atoms with Crippen LogP contribution in [-0.4, -0.2) is 31.4 Å². The van der Waals surface area contributed by atoms with Crippen LogP contribution in [0.5, 0.6) is 0 Å². The van der Waals surface area contributed by atoms with E-state index in [0.29, 0.717) is 11.8 Å². The SMILES string of the molecule is CC1CC(C)CC(NS(=O)(=O)C(C)CO)C1. The highest BCUT2D eigenvalue weighted by atomic mass is 32.2. The van der Waals surface area contributed by atoms with Gasteiger partial charge >= 0.3 is 0 Å². The maximum atomic E-state index is 11.8. The molecule has 0 aromatic rings. The summed E-state index contributed by atoms with van der Waals surface area (Å²) in [6.45, 7) is 5.52.